The van der Waals surface area contributed by atoms with Gasteiger partial charge in [-0.25, -0.2) is 4.79 Å². The average molecular weight is 185 g/mol. The minimum absolute atomic E-state index is 0.396. The van der Waals surface area contributed by atoms with Crippen LogP contribution in [0, 0.1) is 12.3 Å². The summed E-state index contributed by atoms with van der Waals surface area (Å²) in [4.78, 5) is 21.8. The predicted octanol–water partition coefficient (Wildman–Crippen LogP) is -0.947. The molecule has 72 valence electrons. The van der Waals surface area contributed by atoms with Gasteiger partial charge >= 0.3 is 11.9 Å². The SMILES string of the molecule is C#CC(N)(CC(=O)OC)C(=O)OC. The lowest BCUT2D eigenvalue weighted by atomic mass is 9.98. The zero-order chi connectivity index (χ0) is 10.5. The Hall–Kier alpha value is -1.54. The largest absolute Gasteiger partial charge is 0.469 e. The fraction of sp³-hybridized carbons (Fsp3) is 0.500. The van der Waals surface area contributed by atoms with Gasteiger partial charge in [0, 0.05) is 0 Å². The minimum Gasteiger partial charge on any atom is -0.469 e. The number of rotatable bonds is 3. The zero-order valence-corrected chi connectivity index (χ0v) is 7.49. The highest BCUT2D eigenvalue weighted by Gasteiger charge is 2.36. The van der Waals surface area contributed by atoms with Crippen LogP contribution >= 0.6 is 0 Å². The summed E-state index contributed by atoms with van der Waals surface area (Å²) < 4.78 is 8.66. The predicted molar refractivity (Wildman–Crippen MR) is 44.4 cm³/mol. The Morgan fingerprint density at radius 3 is 2.31 bits per heavy atom. The molecular formula is C8H11NO4. The van der Waals surface area contributed by atoms with E-state index in [9.17, 15) is 9.59 Å². The summed E-state index contributed by atoms with van der Waals surface area (Å²) in [6.07, 6.45) is 4.61. The maximum atomic E-state index is 11.0. The van der Waals surface area contributed by atoms with E-state index in [2.05, 4.69) is 9.47 Å². The summed E-state index contributed by atoms with van der Waals surface area (Å²) >= 11 is 0. The van der Waals surface area contributed by atoms with Crippen LogP contribution in [0.1, 0.15) is 6.42 Å². The summed E-state index contributed by atoms with van der Waals surface area (Å²) in [6, 6.07) is 0. The number of ether oxygens (including phenoxy) is 2. The van der Waals surface area contributed by atoms with Crippen LogP contribution in [0.2, 0.25) is 0 Å². The van der Waals surface area contributed by atoms with Gasteiger partial charge in [-0.2, -0.15) is 0 Å². The van der Waals surface area contributed by atoms with Crippen molar-refractivity contribution in [2.75, 3.05) is 14.2 Å². The molecule has 0 aliphatic carbocycles. The van der Waals surface area contributed by atoms with Crippen LogP contribution in [-0.4, -0.2) is 31.7 Å². The van der Waals surface area contributed by atoms with Gasteiger partial charge in [0.15, 0.2) is 5.54 Å². The lowest BCUT2D eigenvalue weighted by molar-refractivity contribution is -0.151. The van der Waals surface area contributed by atoms with E-state index in [0.717, 1.165) is 7.11 Å². The number of esters is 2. The number of hydrogen-bond acceptors (Lipinski definition) is 5. The third-order valence-electron chi connectivity index (χ3n) is 1.46. The van der Waals surface area contributed by atoms with Crippen molar-refractivity contribution in [2.24, 2.45) is 5.73 Å². The molecule has 0 saturated heterocycles. The van der Waals surface area contributed by atoms with E-state index >= 15 is 0 Å². The third kappa shape index (κ3) is 2.76. The Labute approximate surface area is 76.2 Å². The molecule has 0 bridgehead atoms. The average Bonchev–Trinajstić information content (AvgIpc) is 2.15. The molecular weight excluding hydrogens is 174 g/mol. The smallest absolute Gasteiger partial charge is 0.339 e. The van der Waals surface area contributed by atoms with E-state index in [1.165, 1.54) is 7.11 Å². The van der Waals surface area contributed by atoms with Crippen LogP contribution in [0.15, 0.2) is 0 Å². The molecule has 0 amide bonds. The van der Waals surface area contributed by atoms with Gasteiger partial charge in [0.1, 0.15) is 0 Å². The monoisotopic (exact) mass is 185 g/mol. The molecule has 0 aromatic carbocycles. The van der Waals surface area contributed by atoms with Crippen molar-refractivity contribution in [1.82, 2.24) is 0 Å². The Morgan fingerprint density at radius 2 is 2.00 bits per heavy atom. The van der Waals surface area contributed by atoms with Crippen LogP contribution < -0.4 is 5.73 Å². The van der Waals surface area contributed by atoms with E-state index in [1.807, 2.05) is 5.92 Å². The second-order valence-electron chi connectivity index (χ2n) is 2.36. The van der Waals surface area contributed by atoms with Crippen molar-refractivity contribution >= 4 is 11.9 Å². The summed E-state index contributed by atoms with van der Waals surface area (Å²) in [6.45, 7) is 0. The quantitative estimate of drug-likeness (QED) is 0.453. The second kappa shape index (κ2) is 4.48. The van der Waals surface area contributed by atoms with Crippen molar-refractivity contribution in [3.8, 4) is 12.3 Å². The van der Waals surface area contributed by atoms with E-state index in [-0.39, 0.29) is 0 Å². The maximum Gasteiger partial charge on any atom is 0.339 e. The second-order valence-corrected chi connectivity index (χ2v) is 2.36. The summed E-state index contributed by atoms with van der Waals surface area (Å²) in [5.74, 6) is 0.503. The highest BCUT2D eigenvalue weighted by atomic mass is 16.5. The fourth-order valence-corrected chi connectivity index (χ4v) is 0.664. The van der Waals surface area contributed by atoms with Gasteiger partial charge in [0.2, 0.25) is 0 Å². The molecule has 0 aromatic rings. The van der Waals surface area contributed by atoms with Crippen LogP contribution in [0.4, 0.5) is 0 Å². The lowest BCUT2D eigenvalue weighted by Crippen LogP contribution is -2.49. The van der Waals surface area contributed by atoms with Crippen molar-refractivity contribution in [3.63, 3.8) is 0 Å². The molecule has 0 saturated carbocycles. The first-order valence-electron chi connectivity index (χ1n) is 3.42. The first-order valence-corrected chi connectivity index (χ1v) is 3.42. The van der Waals surface area contributed by atoms with Gasteiger partial charge in [-0.15, -0.1) is 6.42 Å². The lowest BCUT2D eigenvalue weighted by Gasteiger charge is -2.18. The van der Waals surface area contributed by atoms with Gasteiger partial charge in [-0.1, -0.05) is 5.92 Å². The highest BCUT2D eigenvalue weighted by Crippen LogP contribution is 2.08. The highest BCUT2D eigenvalue weighted by molar-refractivity contribution is 5.90. The van der Waals surface area contributed by atoms with Gasteiger partial charge in [-0.05, 0) is 0 Å². The molecule has 0 fully saturated rings. The van der Waals surface area contributed by atoms with Crippen molar-refractivity contribution in [2.45, 2.75) is 12.0 Å². The van der Waals surface area contributed by atoms with Gasteiger partial charge in [0.25, 0.3) is 0 Å². The summed E-state index contributed by atoms with van der Waals surface area (Å²) in [5.41, 5.74) is 3.68. The Kier molecular flexibility index (Phi) is 3.95. The van der Waals surface area contributed by atoms with Crippen molar-refractivity contribution in [3.05, 3.63) is 0 Å². The molecule has 0 spiro atoms. The van der Waals surface area contributed by atoms with Gasteiger partial charge in [-0.3, -0.25) is 4.79 Å². The Morgan fingerprint density at radius 1 is 1.46 bits per heavy atom. The van der Waals surface area contributed by atoms with E-state index in [0.29, 0.717) is 0 Å². The molecule has 2 N–H and O–H groups in total. The molecule has 5 heteroatoms. The molecule has 0 aliphatic heterocycles. The number of carbonyl (C=O) groups excluding carboxylic acids is 2. The zero-order valence-electron chi connectivity index (χ0n) is 7.49. The van der Waals surface area contributed by atoms with E-state index in [4.69, 9.17) is 12.2 Å². The van der Waals surface area contributed by atoms with Crippen LogP contribution in [-0.2, 0) is 19.1 Å². The Balaban J connectivity index is 4.57. The maximum absolute atomic E-state index is 11.0. The van der Waals surface area contributed by atoms with Crippen molar-refractivity contribution in [1.29, 1.82) is 0 Å². The number of hydrogen-bond donors (Lipinski definition) is 1. The van der Waals surface area contributed by atoms with Gasteiger partial charge < -0.3 is 15.2 Å². The molecule has 5 nitrogen and oxygen atoms in total. The summed E-state index contributed by atoms with van der Waals surface area (Å²) in [7, 11) is 2.31. The molecule has 0 radical (unpaired) electrons. The fourth-order valence-electron chi connectivity index (χ4n) is 0.664. The van der Waals surface area contributed by atoms with Crippen LogP contribution in [0.3, 0.4) is 0 Å². The molecule has 0 aliphatic rings. The first-order chi connectivity index (χ1) is 6.00. The topological polar surface area (TPSA) is 78.6 Å². The molecule has 1 atom stereocenters. The minimum atomic E-state index is -1.73. The molecule has 1 unspecified atom stereocenters. The standard InChI is InChI=1S/C8H11NO4/c1-4-8(9,7(11)13-3)5-6(10)12-2/h1H,5,9H2,2-3H3. The van der Waals surface area contributed by atoms with Crippen LogP contribution in [0.5, 0.6) is 0 Å². The first kappa shape index (κ1) is 11.5. The van der Waals surface area contributed by atoms with Crippen LogP contribution in [0.25, 0.3) is 0 Å². The Bertz CT molecular complexity index is 255. The molecule has 0 aromatic heterocycles. The molecule has 0 heterocycles. The number of carbonyl (C=O) groups is 2. The normalized spacial score (nSPS) is 13.7. The van der Waals surface area contributed by atoms with Gasteiger partial charge in [0.05, 0.1) is 20.6 Å². The van der Waals surface area contributed by atoms with Crippen molar-refractivity contribution < 1.29 is 19.1 Å². The van der Waals surface area contributed by atoms with E-state index < -0.39 is 23.9 Å². The molecule has 13 heavy (non-hydrogen) atoms. The third-order valence-corrected chi connectivity index (χ3v) is 1.46. The molecule has 0 rings (SSSR count). The number of terminal acetylenes is 1. The summed E-state index contributed by atoms with van der Waals surface area (Å²) in [5, 5.41) is 0. The number of nitrogens with two attached hydrogens (primary N) is 1. The number of methoxy groups -OCH3 is 2. The van der Waals surface area contributed by atoms with E-state index in [1.54, 1.807) is 0 Å².